The monoisotopic (exact) mass is 287 g/mol. The minimum Gasteiger partial charge on any atom is -0.388 e. The lowest BCUT2D eigenvalue weighted by Gasteiger charge is -2.28. The third-order valence-electron chi connectivity index (χ3n) is 3.89. The van der Waals surface area contributed by atoms with Crippen molar-refractivity contribution in [2.45, 2.75) is 44.9 Å². The first-order valence-electron chi connectivity index (χ1n) is 7.35. The fourth-order valence-electron chi connectivity index (χ4n) is 2.62. The molecule has 0 aliphatic heterocycles. The summed E-state index contributed by atoms with van der Waals surface area (Å²) in [7, 11) is 0. The van der Waals surface area contributed by atoms with Crippen LogP contribution in [0.1, 0.15) is 42.7 Å². The van der Waals surface area contributed by atoms with Crippen molar-refractivity contribution >= 4 is 17.0 Å². The van der Waals surface area contributed by atoms with E-state index < -0.39 is 0 Å². The van der Waals surface area contributed by atoms with Crippen molar-refractivity contribution in [2.24, 2.45) is 0 Å². The molecule has 0 amide bonds. The smallest absolute Gasteiger partial charge is 0.0807 e. The quantitative estimate of drug-likeness (QED) is 0.853. The summed E-state index contributed by atoms with van der Waals surface area (Å²) in [5, 5.41) is 12.4. The summed E-state index contributed by atoms with van der Waals surface area (Å²) in [5.41, 5.74) is 2.27. The van der Waals surface area contributed by atoms with Crippen LogP contribution in [0.15, 0.2) is 41.8 Å². The predicted octanol–water partition coefficient (Wildman–Crippen LogP) is 4.36. The second kappa shape index (κ2) is 5.98. The van der Waals surface area contributed by atoms with Crippen LogP contribution in [-0.2, 0) is 6.54 Å². The van der Waals surface area contributed by atoms with Gasteiger partial charge in [-0.3, -0.25) is 0 Å². The van der Waals surface area contributed by atoms with Gasteiger partial charge < -0.3 is 10.0 Å². The van der Waals surface area contributed by atoms with Crippen molar-refractivity contribution in [1.82, 2.24) is 0 Å². The third kappa shape index (κ3) is 2.89. The van der Waals surface area contributed by atoms with Crippen molar-refractivity contribution in [1.29, 1.82) is 0 Å². The molecule has 1 N–H and O–H groups in total. The number of aliphatic hydroxyl groups is 1. The molecule has 106 valence electrons. The lowest BCUT2D eigenvalue weighted by molar-refractivity contribution is 0.174. The molecule has 1 heterocycles. The van der Waals surface area contributed by atoms with Gasteiger partial charge in [-0.25, -0.2) is 0 Å². The molecule has 1 aromatic heterocycles. The Morgan fingerprint density at radius 3 is 2.70 bits per heavy atom. The Balaban J connectivity index is 1.91. The Hall–Kier alpha value is -1.32. The number of hydrogen-bond donors (Lipinski definition) is 1. The second-order valence-electron chi connectivity index (χ2n) is 5.42. The van der Waals surface area contributed by atoms with Gasteiger partial charge in [-0.2, -0.15) is 0 Å². The van der Waals surface area contributed by atoms with Crippen molar-refractivity contribution in [3.8, 4) is 0 Å². The highest BCUT2D eigenvalue weighted by molar-refractivity contribution is 7.09. The molecule has 1 aliphatic rings. The summed E-state index contributed by atoms with van der Waals surface area (Å²) in [6.07, 6.45) is 2.93. The first kappa shape index (κ1) is 13.7. The summed E-state index contributed by atoms with van der Waals surface area (Å²) in [6.45, 7) is 2.98. The van der Waals surface area contributed by atoms with E-state index >= 15 is 0 Å². The number of nitrogens with zero attached hydrogens (tertiary/aromatic N) is 1. The summed E-state index contributed by atoms with van der Waals surface area (Å²) < 4.78 is 0. The maximum Gasteiger partial charge on any atom is 0.0807 e. The van der Waals surface area contributed by atoms with Crippen molar-refractivity contribution in [2.75, 3.05) is 4.90 Å². The topological polar surface area (TPSA) is 23.5 Å². The minimum atomic E-state index is -0.365. The maximum atomic E-state index is 10.3. The Bertz CT molecular complexity index is 548. The molecule has 3 rings (SSSR count). The van der Waals surface area contributed by atoms with Gasteiger partial charge in [-0.05, 0) is 36.8 Å². The molecule has 0 bridgehead atoms. The number of thiophene rings is 1. The van der Waals surface area contributed by atoms with Gasteiger partial charge in [0, 0.05) is 22.2 Å². The minimum absolute atomic E-state index is 0.365. The number of anilines is 1. The fourth-order valence-corrected chi connectivity index (χ4v) is 3.32. The zero-order valence-electron chi connectivity index (χ0n) is 11.8. The Morgan fingerprint density at radius 2 is 2.05 bits per heavy atom. The molecule has 2 aromatic rings. The SMILES string of the molecule is CC[C@H](O)c1ccccc1N(Cc1cccs1)C1CC1. The van der Waals surface area contributed by atoms with E-state index in [1.54, 1.807) is 11.3 Å². The predicted molar refractivity (Wildman–Crippen MR) is 85.2 cm³/mol. The molecule has 3 heteroatoms. The van der Waals surface area contributed by atoms with Crippen LogP contribution in [0.3, 0.4) is 0 Å². The van der Waals surface area contributed by atoms with Crippen LogP contribution in [0.2, 0.25) is 0 Å². The number of benzene rings is 1. The van der Waals surface area contributed by atoms with Gasteiger partial charge in [0.05, 0.1) is 12.6 Å². The van der Waals surface area contributed by atoms with Gasteiger partial charge in [0.25, 0.3) is 0 Å². The number of para-hydroxylation sites is 1. The standard InChI is InChI=1S/C17H21NOS/c1-2-17(19)15-7-3-4-8-16(15)18(13-9-10-13)12-14-6-5-11-20-14/h3-8,11,13,17,19H,2,9-10,12H2,1H3/t17-/m0/s1. The Kier molecular flexibility index (Phi) is 4.08. The van der Waals surface area contributed by atoms with Gasteiger partial charge >= 0.3 is 0 Å². The summed E-state index contributed by atoms with van der Waals surface area (Å²) in [4.78, 5) is 3.86. The third-order valence-corrected chi connectivity index (χ3v) is 4.75. The average molecular weight is 287 g/mol. The molecule has 1 saturated carbocycles. The van der Waals surface area contributed by atoms with Crippen LogP contribution >= 0.6 is 11.3 Å². The number of rotatable bonds is 6. The van der Waals surface area contributed by atoms with E-state index in [9.17, 15) is 5.11 Å². The average Bonchev–Trinajstić information content (AvgIpc) is 3.20. The lowest BCUT2D eigenvalue weighted by atomic mass is 10.0. The highest BCUT2D eigenvalue weighted by atomic mass is 32.1. The zero-order valence-corrected chi connectivity index (χ0v) is 12.6. The van der Waals surface area contributed by atoms with Crippen LogP contribution in [-0.4, -0.2) is 11.1 Å². The Morgan fingerprint density at radius 1 is 1.25 bits per heavy atom. The van der Waals surface area contributed by atoms with Gasteiger partial charge in [0.15, 0.2) is 0 Å². The molecular weight excluding hydrogens is 266 g/mol. The van der Waals surface area contributed by atoms with E-state index in [1.165, 1.54) is 23.4 Å². The van der Waals surface area contributed by atoms with Crippen molar-refractivity contribution in [3.63, 3.8) is 0 Å². The first-order valence-corrected chi connectivity index (χ1v) is 8.23. The second-order valence-corrected chi connectivity index (χ2v) is 6.45. The van der Waals surface area contributed by atoms with Gasteiger partial charge in [-0.15, -0.1) is 11.3 Å². The van der Waals surface area contributed by atoms with E-state index in [1.807, 2.05) is 13.0 Å². The number of aliphatic hydroxyl groups excluding tert-OH is 1. The van der Waals surface area contributed by atoms with Crippen molar-refractivity contribution in [3.05, 3.63) is 52.2 Å². The molecule has 1 atom stereocenters. The van der Waals surface area contributed by atoms with E-state index in [0.29, 0.717) is 6.04 Å². The molecular formula is C17H21NOS. The van der Waals surface area contributed by atoms with E-state index in [2.05, 4.69) is 40.6 Å². The maximum absolute atomic E-state index is 10.3. The highest BCUT2D eigenvalue weighted by Gasteiger charge is 2.31. The van der Waals surface area contributed by atoms with Gasteiger partial charge in [0.1, 0.15) is 0 Å². The molecule has 1 aromatic carbocycles. The van der Waals surface area contributed by atoms with Crippen LogP contribution in [0.4, 0.5) is 5.69 Å². The molecule has 1 fully saturated rings. The molecule has 1 aliphatic carbocycles. The summed E-state index contributed by atoms with van der Waals surface area (Å²) in [6, 6.07) is 13.3. The summed E-state index contributed by atoms with van der Waals surface area (Å²) in [5.74, 6) is 0. The van der Waals surface area contributed by atoms with Crippen LogP contribution in [0, 0.1) is 0 Å². The molecule has 0 unspecified atom stereocenters. The van der Waals surface area contributed by atoms with Crippen LogP contribution < -0.4 is 4.90 Å². The molecule has 0 radical (unpaired) electrons. The van der Waals surface area contributed by atoms with E-state index in [0.717, 1.165) is 18.5 Å². The van der Waals surface area contributed by atoms with Gasteiger partial charge in [0.2, 0.25) is 0 Å². The van der Waals surface area contributed by atoms with Gasteiger partial charge in [-0.1, -0.05) is 31.2 Å². The zero-order chi connectivity index (χ0) is 13.9. The largest absolute Gasteiger partial charge is 0.388 e. The normalized spacial score (nSPS) is 16.1. The first-order chi connectivity index (χ1) is 9.79. The highest BCUT2D eigenvalue weighted by Crippen LogP contribution is 2.37. The fraction of sp³-hybridized carbons (Fsp3) is 0.412. The van der Waals surface area contributed by atoms with Crippen LogP contribution in [0.25, 0.3) is 0 Å². The molecule has 0 saturated heterocycles. The number of hydrogen-bond acceptors (Lipinski definition) is 3. The lowest BCUT2D eigenvalue weighted by Crippen LogP contribution is -2.26. The van der Waals surface area contributed by atoms with E-state index in [-0.39, 0.29) is 6.10 Å². The molecule has 2 nitrogen and oxygen atoms in total. The molecule has 20 heavy (non-hydrogen) atoms. The van der Waals surface area contributed by atoms with Crippen LogP contribution in [0.5, 0.6) is 0 Å². The Labute approximate surface area is 124 Å². The summed E-state index contributed by atoms with van der Waals surface area (Å²) >= 11 is 1.81. The van der Waals surface area contributed by atoms with E-state index in [4.69, 9.17) is 0 Å². The van der Waals surface area contributed by atoms with Crippen molar-refractivity contribution < 1.29 is 5.11 Å². The molecule has 0 spiro atoms.